The molecule has 0 heterocycles. The lowest BCUT2D eigenvalue weighted by Crippen LogP contribution is -2.30. The Kier molecular flexibility index (Phi) is 9.54. The molecular formula is C30H21Cl2FN2O3S. The Morgan fingerprint density at radius 2 is 1.54 bits per heavy atom. The summed E-state index contributed by atoms with van der Waals surface area (Å²) in [5.74, 6) is -1.40. The number of hydrogen-bond donors (Lipinski definition) is 2. The first-order valence-electron chi connectivity index (χ1n) is 11.6. The summed E-state index contributed by atoms with van der Waals surface area (Å²) in [5.41, 5.74) is 1.78. The third-order valence-corrected chi connectivity index (χ3v) is 6.98. The number of carbonyl (C=O) groups is 3. The van der Waals surface area contributed by atoms with Crippen LogP contribution >= 0.6 is 35.0 Å². The molecule has 0 saturated heterocycles. The van der Waals surface area contributed by atoms with Crippen LogP contribution in [0.2, 0.25) is 10.0 Å². The minimum atomic E-state index is -0.559. The Labute approximate surface area is 239 Å². The van der Waals surface area contributed by atoms with Gasteiger partial charge >= 0.3 is 0 Å². The van der Waals surface area contributed by atoms with Crippen LogP contribution in [0.15, 0.2) is 108 Å². The monoisotopic (exact) mass is 578 g/mol. The number of thioether (sulfide) groups is 1. The van der Waals surface area contributed by atoms with Gasteiger partial charge in [0.25, 0.3) is 11.8 Å². The number of rotatable bonds is 9. The molecule has 2 N–H and O–H groups in total. The van der Waals surface area contributed by atoms with Gasteiger partial charge in [-0.05, 0) is 78.4 Å². The van der Waals surface area contributed by atoms with Gasteiger partial charge in [-0.25, -0.2) is 4.39 Å². The number of amides is 2. The second-order valence-corrected chi connectivity index (χ2v) is 10.1. The zero-order chi connectivity index (χ0) is 27.8. The molecule has 0 aromatic heterocycles. The Balaban J connectivity index is 1.44. The molecule has 0 aliphatic heterocycles. The number of benzene rings is 4. The van der Waals surface area contributed by atoms with Crippen LogP contribution in [-0.4, -0.2) is 23.4 Å². The van der Waals surface area contributed by atoms with Crippen LogP contribution in [-0.2, 0) is 4.79 Å². The highest BCUT2D eigenvalue weighted by Gasteiger charge is 2.16. The SMILES string of the molecule is O=C(Nc1ccc(SCC(=O)c2ccc(Cl)cc2Cl)cc1)/C(=C/c1ccc(F)cc1)NC(=O)c1ccccc1. The molecular weight excluding hydrogens is 558 g/mol. The number of anilines is 1. The summed E-state index contributed by atoms with van der Waals surface area (Å²) in [6, 6.07) is 25.7. The Morgan fingerprint density at radius 3 is 2.21 bits per heavy atom. The molecule has 0 unspecified atom stereocenters. The summed E-state index contributed by atoms with van der Waals surface area (Å²) in [7, 11) is 0. The van der Waals surface area contributed by atoms with Crippen molar-refractivity contribution in [1.29, 1.82) is 0 Å². The van der Waals surface area contributed by atoms with E-state index in [2.05, 4.69) is 10.6 Å². The normalized spacial score (nSPS) is 11.1. The maximum Gasteiger partial charge on any atom is 0.272 e. The smallest absolute Gasteiger partial charge is 0.272 e. The number of hydrogen-bond acceptors (Lipinski definition) is 4. The first-order chi connectivity index (χ1) is 18.8. The van der Waals surface area contributed by atoms with Crippen molar-refractivity contribution in [1.82, 2.24) is 5.32 Å². The Hall–Kier alpha value is -3.91. The van der Waals surface area contributed by atoms with E-state index in [1.165, 1.54) is 48.2 Å². The highest BCUT2D eigenvalue weighted by Crippen LogP contribution is 2.26. The molecule has 0 fully saturated rings. The van der Waals surface area contributed by atoms with Gasteiger partial charge in [0.05, 0.1) is 10.8 Å². The maximum atomic E-state index is 13.4. The molecule has 5 nitrogen and oxygen atoms in total. The van der Waals surface area contributed by atoms with Crippen molar-refractivity contribution in [2.45, 2.75) is 4.90 Å². The lowest BCUT2D eigenvalue weighted by Gasteiger charge is -2.12. The lowest BCUT2D eigenvalue weighted by atomic mass is 10.1. The highest BCUT2D eigenvalue weighted by atomic mass is 35.5. The molecule has 4 aromatic carbocycles. The van der Waals surface area contributed by atoms with Crippen molar-refractivity contribution in [3.05, 3.63) is 135 Å². The molecule has 0 atom stereocenters. The fourth-order valence-corrected chi connectivity index (χ4v) is 4.74. The van der Waals surface area contributed by atoms with Crippen molar-refractivity contribution in [3.63, 3.8) is 0 Å². The van der Waals surface area contributed by atoms with E-state index in [0.717, 1.165) is 4.90 Å². The first kappa shape index (κ1) is 28.1. The average Bonchev–Trinajstić information content (AvgIpc) is 2.93. The fraction of sp³-hybridized carbons (Fsp3) is 0.0333. The zero-order valence-electron chi connectivity index (χ0n) is 20.3. The number of carbonyl (C=O) groups excluding carboxylic acids is 3. The van der Waals surface area contributed by atoms with E-state index >= 15 is 0 Å². The van der Waals surface area contributed by atoms with E-state index in [1.54, 1.807) is 66.7 Å². The van der Waals surface area contributed by atoms with Gasteiger partial charge in [0.15, 0.2) is 5.78 Å². The van der Waals surface area contributed by atoms with Gasteiger partial charge in [-0.1, -0.05) is 53.5 Å². The molecule has 9 heteroatoms. The van der Waals surface area contributed by atoms with Gasteiger partial charge in [0.1, 0.15) is 11.5 Å². The number of ketones is 1. The Morgan fingerprint density at radius 1 is 0.846 bits per heavy atom. The molecule has 0 aliphatic rings. The van der Waals surface area contributed by atoms with E-state index < -0.39 is 17.6 Å². The van der Waals surface area contributed by atoms with Crippen molar-refractivity contribution in [2.24, 2.45) is 0 Å². The van der Waals surface area contributed by atoms with E-state index in [4.69, 9.17) is 23.2 Å². The predicted octanol–water partition coefficient (Wildman–Crippen LogP) is 7.52. The molecule has 4 aromatic rings. The van der Waals surface area contributed by atoms with Gasteiger partial charge < -0.3 is 10.6 Å². The second kappa shape index (κ2) is 13.2. The molecule has 4 rings (SSSR count). The quantitative estimate of drug-likeness (QED) is 0.122. The van der Waals surface area contributed by atoms with E-state index in [9.17, 15) is 18.8 Å². The summed E-state index contributed by atoms with van der Waals surface area (Å²) in [6.07, 6.45) is 1.47. The van der Waals surface area contributed by atoms with Crippen LogP contribution < -0.4 is 10.6 Å². The topological polar surface area (TPSA) is 75.3 Å². The van der Waals surface area contributed by atoms with Gasteiger partial charge in [-0.15, -0.1) is 11.8 Å². The first-order valence-corrected chi connectivity index (χ1v) is 13.4. The van der Waals surface area contributed by atoms with Gasteiger partial charge in [0, 0.05) is 26.7 Å². The average molecular weight is 579 g/mol. The second-order valence-electron chi connectivity index (χ2n) is 8.24. The molecule has 196 valence electrons. The van der Waals surface area contributed by atoms with E-state index in [1.807, 2.05) is 0 Å². The third-order valence-electron chi connectivity index (χ3n) is 5.42. The molecule has 0 bridgehead atoms. The third kappa shape index (κ3) is 8.04. The van der Waals surface area contributed by atoms with Gasteiger partial charge in [-0.2, -0.15) is 0 Å². The van der Waals surface area contributed by atoms with Crippen LogP contribution in [0.1, 0.15) is 26.3 Å². The van der Waals surface area contributed by atoms with Crippen molar-refractivity contribution in [2.75, 3.05) is 11.1 Å². The van der Waals surface area contributed by atoms with Crippen molar-refractivity contribution >= 4 is 64.3 Å². The summed E-state index contributed by atoms with van der Waals surface area (Å²) in [4.78, 5) is 39.2. The van der Waals surface area contributed by atoms with Crippen LogP contribution in [0.3, 0.4) is 0 Å². The van der Waals surface area contributed by atoms with Crippen LogP contribution in [0, 0.1) is 5.82 Å². The van der Waals surface area contributed by atoms with Crippen molar-refractivity contribution < 1.29 is 18.8 Å². The fourth-order valence-electron chi connectivity index (χ4n) is 3.44. The highest BCUT2D eigenvalue weighted by molar-refractivity contribution is 8.00. The molecule has 0 aliphatic carbocycles. The summed E-state index contributed by atoms with van der Waals surface area (Å²) in [6.45, 7) is 0. The lowest BCUT2D eigenvalue weighted by molar-refractivity contribution is -0.113. The van der Waals surface area contributed by atoms with Gasteiger partial charge in [0.2, 0.25) is 0 Å². The minimum Gasteiger partial charge on any atom is -0.321 e. The zero-order valence-corrected chi connectivity index (χ0v) is 22.6. The molecule has 2 amide bonds. The largest absolute Gasteiger partial charge is 0.321 e. The van der Waals surface area contributed by atoms with Crippen molar-refractivity contribution in [3.8, 4) is 0 Å². The Bertz CT molecular complexity index is 1530. The summed E-state index contributed by atoms with van der Waals surface area (Å²) < 4.78 is 13.4. The number of Topliss-reactive ketones (excluding diaryl/α,β-unsaturated/α-hetero) is 1. The summed E-state index contributed by atoms with van der Waals surface area (Å²) in [5, 5.41) is 6.16. The molecule has 39 heavy (non-hydrogen) atoms. The van der Waals surface area contributed by atoms with Crippen LogP contribution in [0.25, 0.3) is 6.08 Å². The summed E-state index contributed by atoms with van der Waals surface area (Å²) >= 11 is 13.3. The van der Waals surface area contributed by atoms with Crippen LogP contribution in [0.5, 0.6) is 0 Å². The van der Waals surface area contributed by atoms with E-state index in [0.29, 0.717) is 32.4 Å². The van der Waals surface area contributed by atoms with Crippen LogP contribution in [0.4, 0.5) is 10.1 Å². The molecule has 0 spiro atoms. The minimum absolute atomic E-state index is 0.0145. The van der Waals surface area contributed by atoms with Gasteiger partial charge in [-0.3, -0.25) is 14.4 Å². The maximum absolute atomic E-state index is 13.4. The predicted molar refractivity (Wildman–Crippen MR) is 155 cm³/mol. The van der Waals surface area contributed by atoms with E-state index in [-0.39, 0.29) is 17.2 Å². The number of nitrogens with one attached hydrogen (secondary N) is 2. The standard InChI is InChI=1S/C30H21Cl2FN2O3S/c31-21-8-15-25(26(32)17-21)28(36)18-39-24-13-11-23(12-14-24)34-30(38)27(16-19-6-9-22(33)10-7-19)35-29(37)20-4-2-1-3-5-20/h1-17H,18H2,(H,34,38)(H,35,37)/b27-16-. The molecule has 0 radical (unpaired) electrons. The number of halogens is 3. The molecule has 0 saturated carbocycles.